The lowest BCUT2D eigenvalue weighted by atomic mass is 9.58. The fraction of sp³-hybridized carbons (Fsp3) is 0.559. The van der Waals surface area contributed by atoms with E-state index in [0.717, 1.165) is 48.8 Å². The standard InChI is InChI=1S/C34H46ClN3O5/c1-21-9-7-12-23(17-21)29(34(2,3)25-13-8-14-26(35)19-25)28(22-10-5-4-6-11-22)30(43-33(36)42)32(41)38-27(20-39)18-24-15-16-37-31(24)40/h7-9,12-14,17,19,22,24,27-30,39H,4-6,10-11,15-16,18,20H2,1-3H3,(H2,36,42)(H,37,40)(H,38,41)/t24-,27-,28?,29?,30-/m0/s1. The van der Waals surface area contributed by atoms with Crippen molar-refractivity contribution in [3.8, 4) is 0 Å². The lowest BCUT2D eigenvalue weighted by molar-refractivity contribution is -0.136. The van der Waals surface area contributed by atoms with E-state index in [1.807, 2.05) is 43.3 Å². The number of amides is 3. The van der Waals surface area contributed by atoms with Crippen molar-refractivity contribution < 1.29 is 24.2 Å². The number of primary amides is 1. The number of hydrogen-bond acceptors (Lipinski definition) is 5. The lowest BCUT2D eigenvalue weighted by Gasteiger charge is -2.47. The van der Waals surface area contributed by atoms with Crippen LogP contribution < -0.4 is 16.4 Å². The van der Waals surface area contributed by atoms with Crippen LogP contribution in [0.15, 0.2) is 48.5 Å². The highest BCUT2D eigenvalue weighted by Gasteiger charge is 2.49. The van der Waals surface area contributed by atoms with Crippen LogP contribution in [0.25, 0.3) is 0 Å². The van der Waals surface area contributed by atoms with Gasteiger partial charge in [0.25, 0.3) is 5.91 Å². The molecule has 2 unspecified atom stereocenters. The molecule has 0 bridgehead atoms. The molecule has 1 aliphatic heterocycles. The summed E-state index contributed by atoms with van der Waals surface area (Å²) in [5, 5.41) is 16.6. The molecule has 2 fully saturated rings. The van der Waals surface area contributed by atoms with Crippen LogP contribution in [0.1, 0.15) is 81.4 Å². The highest BCUT2D eigenvalue weighted by atomic mass is 35.5. The van der Waals surface area contributed by atoms with Gasteiger partial charge in [0.1, 0.15) is 0 Å². The number of aliphatic hydroxyl groups is 1. The average Bonchev–Trinajstić information content (AvgIpc) is 3.38. The summed E-state index contributed by atoms with van der Waals surface area (Å²) in [4.78, 5) is 38.9. The second-order valence-electron chi connectivity index (χ2n) is 12.9. The first kappa shape index (κ1) is 32.8. The Morgan fingerprint density at radius 1 is 1.12 bits per heavy atom. The van der Waals surface area contributed by atoms with Crippen LogP contribution in [-0.2, 0) is 19.7 Å². The second kappa shape index (κ2) is 14.6. The van der Waals surface area contributed by atoms with Crippen LogP contribution in [0.2, 0.25) is 5.02 Å². The number of hydrogen-bond donors (Lipinski definition) is 4. The number of aryl methyl sites for hydroxylation is 1. The Hall–Kier alpha value is -3.10. The van der Waals surface area contributed by atoms with E-state index >= 15 is 0 Å². The van der Waals surface area contributed by atoms with Crippen LogP contribution in [0, 0.1) is 24.7 Å². The molecule has 43 heavy (non-hydrogen) atoms. The van der Waals surface area contributed by atoms with Gasteiger partial charge in [-0.15, -0.1) is 0 Å². The molecular formula is C34H46ClN3O5. The highest BCUT2D eigenvalue weighted by Crippen LogP contribution is 2.51. The van der Waals surface area contributed by atoms with Crippen molar-refractivity contribution in [1.29, 1.82) is 0 Å². The topological polar surface area (TPSA) is 131 Å². The van der Waals surface area contributed by atoms with Crippen molar-refractivity contribution in [2.75, 3.05) is 13.2 Å². The molecule has 1 heterocycles. The summed E-state index contributed by atoms with van der Waals surface area (Å²) >= 11 is 6.49. The van der Waals surface area contributed by atoms with Gasteiger partial charge in [-0.3, -0.25) is 9.59 Å². The van der Waals surface area contributed by atoms with Gasteiger partial charge in [0.2, 0.25) is 5.91 Å². The van der Waals surface area contributed by atoms with Crippen LogP contribution in [0.4, 0.5) is 4.79 Å². The van der Waals surface area contributed by atoms with E-state index in [4.69, 9.17) is 22.1 Å². The molecule has 3 amide bonds. The van der Waals surface area contributed by atoms with Gasteiger partial charge in [0, 0.05) is 29.3 Å². The molecule has 0 radical (unpaired) electrons. The summed E-state index contributed by atoms with van der Waals surface area (Å²) in [6, 6.07) is 15.4. The number of ether oxygens (including phenoxy) is 1. The monoisotopic (exact) mass is 611 g/mol. The largest absolute Gasteiger partial charge is 0.436 e. The molecule has 1 saturated carbocycles. The number of nitrogens with two attached hydrogens (primary N) is 1. The SMILES string of the molecule is Cc1cccc(C(C(C2CCCCC2)[C@H](OC(N)=O)C(=O)N[C@H](CO)C[C@@H]2CCNC2=O)C(C)(C)c2cccc(Cl)c2)c1. The summed E-state index contributed by atoms with van der Waals surface area (Å²) in [7, 11) is 0. The number of benzene rings is 2. The summed E-state index contributed by atoms with van der Waals surface area (Å²) in [6.45, 7) is 6.56. The lowest BCUT2D eigenvalue weighted by Crippen LogP contribution is -2.53. The summed E-state index contributed by atoms with van der Waals surface area (Å²) in [5.41, 5.74) is 8.23. The molecule has 8 nitrogen and oxygen atoms in total. The first-order chi connectivity index (χ1) is 20.5. The Morgan fingerprint density at radius 2 is 1.84 bits per heavy atom. The van der Waals surface area contributed by atoms with Crippen LogP contribution >= 0.6 is 11.6 Å². The Labute approximate surface area is 260 Å². The van der Waals surface area contributed by atoms with Crippen molar-refractivity contribution in [2.24, 2.45) is 23.5 Å². The first-order valence-corrected chi connectivity index (χ1v) is 15.9. The number of rotatable bonds is 12. The molecule has 2 aromatic carbocycles. The van der Waals surface area contributed by atoms with Crippen molar-refractivity contribution in [3.63, 3.8) is 0 Å². The zero-order valence-corrected chi connectivity index (χ0v) is 26.2. The summed E-state index contributed by atoms with van der Waals surface area (Å²) in [6.07, 6.45) is 3.60. The van der Waals surface area contributed by atoms with Crippen molar-refractivity contribution in [3.05, 3.63) is 70.2 Å². The second-order valence-corrected chi connectivity index (χ2v) is 13.3. The van der Waals surface area contributed by atoms with E-state index in [0.29, 0.717) is 24.4 Å². The summed E-state index contributed by atoms with van der Waals surface area (Å²) < 4.78 is 5.79. The van der Waals surface area contributed by atoms with Gasteiger partial charge in [-0.25, -0.2) is 4.79 Å². The zero-order valence-electron chi connectivity index (χ0n) is 25.5. The predicted octanol–water partition coefficient (Wildman–Crippen LogP) is 5.37. The molecule has 2 aliphatic rings. The Bertz CT molecular complexity index is 1280. The zero-order chi connectivity index (χ0) is 31.1. The van der Waals surface area contributed by atoms with Gasteiger partial charge in [-0.05, 0) is 54.4 Å². The number of carbonyl (C=O) groups excluding carboxylic acids is 3. The molecule has 5 atom stereocenters. The van der Waals surface area contributed by atoms with Crippen LogP contribution in [0.3, 0.4) is 0 Å². The van der Waals surface area contributed by atoms with E-state index < -0.39 is 35.5 Å². The molecule has 4 rings (SSSR count). The van der Waals surface area contributed by atoms with Gasteiger partial charge < -0.3 is 26.2 Å². The van der Waals surface area contributed by atoms with Gasteiger partial charge in [0.15, 0.2) is 6.10 Å². The fourth-order valence-corrected chi connectivity index (χ4v) is 7.56. The molecule has 0 spiro atoms. The predicted molar refractivity (Wildman–Crippen MR) is 168 cm³/mol. The molecule has 5 N–H and O–H groups in total. The van der Waals surface area contributed by atoms with Crippen LogP contribution in [-0.4, -0.2) is 48.3 Å². The molecule has 9 heteroatoms. The van der Waals surface area contributed by atoms with E-state index in [2.05, 4.69) is 36.6 Å². The minimum atomic E-state index is -1.21. The van der Waals surface area contributed by atoms with E-state index in [1.165, 1.54) is 0 Å². The molecule has 0 aromatic heterocycles. The quantitative estimate of drug-likeness (QED) is 0.256. The Morgan fingerprint density at radius 3 is 2.44 bits per heavy atom. The third-order valence-electron chi connectivity index (χ3n) is 9.48. The molecule has 2 aromatic rings. The van der Waals surface area contributed by atoms with Gasteiger partial charge in [-0.1, -0.05) is 99.5 Å². The number of halogens is 1. The fourth-order valence-electron chi connectivity index (χ4n) is 7.37. The van der Waals surface area contributed by atoms with Gasteiger partial charge in [0.05, 0.1) is 12.6 Å². The van der Waals surface area contributed by atoms with E-state index in [-0.39, 0.29) is 30.3 Å². The minimum absolute atomic E-state index is 0.0704. The minimum Gasteiger partial charge on any atom is -0.436 e. The third kappa shape index (κ3) is 8.09. The van der Waals surface area contributed by atoms with Gasteiger partial charge >= 0.3 is 6.09 Å². The maximum atomic E-state index is 14.2. The summed E-state index contributed by atoms with van der Waals surface area (Å²) in [5.74, 6) is -1.52. The van der Waals surface area contributed by atoms with E-state index in [1.54, 1.807) is 0 Å². The number of carbonyl (C=O) groups is 3. The maximum absolute atomic E-state index is 14.2. The van der Waals surface area contributed by atoms with E-state index in [9.17, 15) is 19.5 Å². The van der Waals surface area contributed by atoms with Crippen molar-refractivity contribution in [1.82, 2.24) is 10.6 Å². The smallest absolute Gasteiger partial charge is 0.405 e. The first-order valence-electron chi connectivity index (χ1n) is 15.5. The average molecular weight is 612 g/mol. The van der Waals surface area contributed by atoms with Crippen molar-refractivity contribution >= 4 is 29.5 Å². The third-order valence-corrected chi connectivity index (χ3v) is 9.71. The van der Waals surface area contributed by atoms with Crippen LogP contribution in [0.5, 0.6) is 0 Å². The molecular weight excluding hydrogens is 566 g/mol. The number of aliphatic hydroxyl groups excluding tert-OH is 1. The molecule has 1 saturated heterocycles. The Kier molecular flexibility index (Phi) is 11.1. The normalized spacial score (nSPS) is 20.5. The molecule has 1 aliphatic carbocycles. The molecule has 234 valence electrons. The van der Waals surface area contributed by atoms with Crippen molar-refractivity contribution in [2.45, 2.75) is 89.2 Å². The highest BCUT2D eigenvalue weighted by molar-refractivity contribution is 6.30. The Balaban J connectivity index is 1.82. The maximum Gasteiger partial charge on any atom is 0.405 e. The van der Waals surface area contributed by atoms with Gasteiger partial charge in [-0.2, -0.15) is 0 Å². The number of nitrogens with one attached hydrogen (secondary N) is 2.